The smallest absolute Gasteiger partial charge is 0.328 e. The molecular formula is C27H32N4O5S. The third-order valence-corrected chi connectivity index (χ3v) is 8.76. The van der Waals surface area contributed by atoms with Crippen molar-refractivity contribution in [2.75, 3.05) is 0 Å². The SMILES string of the molecule is CC(Cc1ccc(S(=O)(=O)N(C(N)=O)C2CCCCC2)cc1)NC(=O)c1cc2ccccc2n(C)c1=O. The maximum absolute atomic E-state index is 13.2. The van der Waals surface area contributed by atoms with E-state index in [0.29, 0.717) is 19.3 Å². The summed E-state index contributed by atoms with van der Waals surface area (Å²) in [5.41, 5.74) is 6.69. The first-order chi connectivity index (χ1) is 17.6. The molecule has 1 aliphatic rings. The molecule has 196 valence electrons. The third kappa shape index (κ3) is 5.53. The Hall–Kier alpha value is -3.66. The summed E-state index contributed by atoms with van der Waals surface area (Å²) in [4.78, 5) is 37.7. The number of para-hydroxylation sites is 1. The Morgan fingerprint density at radius 2 is 1.73 bits per heavy atom. The van der Waals surface area contributed by atoms with Crippen LogP contribution in [-0.4, -0.2) is 41.3 Å². The molecule has 0 radical (unpaired) electrons. The van der Waals surface area contributed by atoms with Gasteiger partial charge >= 0.3 is 6.03 Å². The van der Waals surface area contributed by atoms with Gasteiger partial charge in [-0.3, -0.25) is 9.59 Å². The zero-order chi connectivity index (χ0) is 26.7. The summed E-state index contributed by atoms with van der Waals surface area (Å²) >= 11 is 0. The van der Waals surface area contributed by atoms with Crippen LogP contribution in [0.2, 0.25) is 0 Å². The molecule has 1 heterocycles. The lowest BCUT2D eigenvalue weighted by Gasteiger charge is -2.32. The molecule has 3 amide bonds. The number of nitrogens with zero attached hydrogens (tertiary/aromatic N) is 2. The summed E-state index contributed by atoms with van der Waals surface area (Å²) in [7, 11) is -2.44. The van der Waals surface area contributed by atoms with Gasteiger partial charge in [0.1, 0.15) is 5.56 Å². The van der Waals surface area contributed by atoms with E-state index in [4.69, 9.17) is 5.73 Å². The molecule has 1 aromatic heterocycles. The summed E-state index contributed by atoms with van der Waals surface area (Å²) in [6, 6.07) is 13.5. The number of rotatable bonds is 7. The number of hydrogen-bond donors (Lipinski definition) is 2. The van der Waals surface area contributed by atoms with Crippen LogP contribution >= 0.6 is 0 Å². The van der Waals surface area contributed by atoms with Crippen molar-refractivity contribution in [3.63, 3.8) is 0 Å². The van der Waals surface area contributed by atoms with Gasteiger partial charge in [0.05, 0.1) is 16.5 Å². The van der Waals surface area contributed by atoms with Crippen LogP contribution in [0.15, 0.2) is 64.3 Å². The number of pyridine rings is 1. The summed E-state index contributed by atoms with van der Waals surface area (Å²) in [6.07, 6.45) is 4.37. The van der Waals surface area contributed by atoms with Gasteiger partial charge in [-0.1, -0.05) is 49.6 Å². The van der Waals surface area contributed by atoms with E-state index < -0.39 is 28.0 Å². The minimum absolute atomic E-state index is 0.00280. The van der Waals surface area contributed by atoms with Crippen molar-refractivity contribution in [2.45, 2.75) is 62.4 Å². The highest BCUT2D eigenvalue weighted by Crippen LogP contribution is 2.28. The number of carbonyl (C=O) groups is 2. The quantitative estimate of drug-likeness (QED) is 0.490. The first-order valence-corrected chi connectivity index (χ1v) is 13.9. The maximum atomic E-state index is 13.2. The molecular weight excluding hydrogens is 492 g/mol. The van der Waals surface area contributed by atoms with Crippen molar-refractivity contribution in [1.29, 1.82) is 0 Å². The second kappa shape index (κ2) is 10.8. The number of aryl methyl sites for hydroxylation is 1. The fourth-order valence-corrected chi connectivity index (χ4v) is 6.56. The number of aromatic nitrogens is 1. The highest BCUT2D eigenvalue weighted by atomic mass is 32.2. The summed E-state index contributed by atoms with van der Waals surface area (Å²) in [5, 5.41) is 3.65. The van der Waals surface area contributed by atoms with Gasteiger partial charge in [-0.25, -0.2) is 17.5 Å². The van der Waals surface area contributed by atoms with E-state index in [1.54, 1.807) is 25.2 Å². The Labute approximate surface area is 216 Å². The van der Waals surface area contributed by atoms with Gasteiger partial charge in [0.25, 0.3) is 21.5 Å². The number of amides is 3. The average molecular weight is 525 g/mol. The van der Waals surface area contributed by atoms with Crippen molar-refractivity contribution < 1.29 is 18.0 Å². The number of nitrogens with one attached hydrogen (secondary N) is 1. The van der Waals surface area contributed by atoms with E-state index in [0.717, 1.165) is 40.0 Å². The molecule has 10 heteroatoms. The largest absolute Gasteiger partial charge is 0.351 e. The molecule has 1 fully saturated rings. The zero-order valence-electron chi connectivity index (χ0n) is 21.0. The number of fused-ring (bicyclic) bond motifs is 1. The molecule has 0 saturated heterocycles. The van der Waals surface area contributed by atoms with Gasteiger partial charge in [-0.15, -0.1) is 0 Å². The fraction of sp³-hybridized carbons (Fsp3) is 0.370. The van der Waals surface area contributed by atoms with Gasteiger partial charge in [0, 0.05) is 13.1 Å². The van der Waals surface area contributed by atoms with Crippen LogP contribution in [0.5, 0.6) is 0 Å². The number of carbonyl (C=O) groups excluding carboxylic acids is 2. The Morgan fingerprint density at radius 1 is 1.08 bits per heavy atom. The van der Waals surface area contributed by atoms with E-state index in [9.17, 15) is 22.8 Å². The molecule has 4 rings (SSSR count). The third-order valence-electron chi connectivity index (χ3n) is 6.90. The van der Waals surface area contributed by atoms with E-state index in [-0.39, 0.29) is 22.1 Å². The van der Waals surface area contributed by atoms with Gasteiger partial charge in [0.15, 0.2) is 0 Å². The number of urea groups is 1. The molecule has 1 aliphatic carbocycles. The monoisotopic (exact) mass is 524 g/mol. The van der Waals surface area contributed by atoms with Crippen molar-refractivity contribution >= 4 is 32.9 Å². The minimum atomic E-state index is -4.08. The molecule has 1 atom stereocenters. The van der Waals surface area contributed by atoms with Crippen molar-refractivity contribution in [1.82, 2.24) is 14.2 Å². The summed E-state index contributed by atoms with van der Waals surface area (Å²) in [6.45, 7) is 1.81. The zero-order valence-corrected chi connectivity index (χ0v) is 21.8. The van der Waals surface area contributed by atoms with Crippen LogP contribution < -0.4 is 16.6 Å². The molecule has 9 nitrogen and oxygen atoms in total. The van der Waals surface area contributed by atoms with Crippen molar-refractivity contribution in [3.05, 3.63) is 76.1 Å². The summed E-state index contributed by atoms with van der Waals surface area (Å²) < 4.78 is 28.7. The van der Waals surface area contributed by atoms with Crippen LogP contribution in [0.3, 0.4) is 0 Å². The van der Waals surface area contributed by atoms with Gasteiger partial charge in [-0.05, 0) is 61.4 Å². The Balaban J connectivity index is 1.46. The molecule has 0 aliphatic heterocycles. The number of nitrogens with two attached hydrogens (primary N) is 1. The van der Waals surface area contributed by atoms with Crippen LogP contribution in [0.1, 0.15) is 54.9 Å². The number of benzene rings is 2. The van der Waals surface area contributed by atoms with E-state index in [1.165, 1.54) is 16.7 Å². The van der Waals surface area contributed by atoms with Crippen LogP contribution in [0, 0.1) is 0 Å². The normalized spacial score (nSPS) is 15.3. The molecule has 0 bridgehead atoms. The first kappa shape index (κ1) is 26.4. The molecule has 1 unspecified atom stereocenters. The summed E-state index contributed by atoms with van der Waals surface area (Å²) in [5.74, 6) is -0.470. The Morgan fingerprint density at radius 3 is 2.38 bits per heavy atom. The average Bonchev–Trinajstić information content (AvgIpc) is 2.86. The van der Waals surface area contributed by atoms with Crippen molar-refractivity contribution in [2.24, 2.45) is 12.8 Å². The van der Waals surface area contributed by atoms with Crippen molar-refractivity contribution in [3.8, 4) is 0 Å². The lowest BCUT2D eigenvalue weighted by molar-refractivity contribution is 0.0938. The van der Waals surface area contributed by atoms with Gasteiger partial charge < -0.3 is 15.6 Å². The van der Waals surface area contributed by atoms with E-state index >= 15 is 0 Å². The second-order valence-corrected chi connectivity index (χ2v) is 11.4. The Bertz CT molecular complexity index is 1470. The van der Waals surface area contributed by atoms with Gasteiger partial charge in [0.2, 0.25) is 0 Å². The minimum Gasteiger partial charge on any atom is -0.351 e. The molecule has 0 spiro atoms. The lowest BCUT2D eigenvalue weighted by Crippen LogP contribution is -2.48. The van der Waals surface area contributed by atoms with Crippen LogP contribution in [-0.2, 0) is 23.5 Å². The molecule has 3 N–H and O–H groups in total. The highest BCUT2D eigenvalue weighted by Gasteiger charge is 2.35. The molecule has 37 heavy (non-hydrogen) atoms. The van der Waals surface area contributed by atoms with Crippen LogP contribution in [0.4, 0.5) is 4.79 Å². The number of hydrogen-bond acceptors (Lipinski definition) is 5. The standard InChI is InChI=1S/C27H32N4O5S/c1-18(29-25(32)23-17-20-8-6-7-11-24(20)30(2)26(23)33)16-19-12-14-22(15-13-19)37(35,36)31(27(28)34)21-9-4-3-5-10-21/h6-8,11-15,17-18,21H,3-5,9-10,16H2,1-2H3,(H2,28,34)(H,29,32). The number of sulfonamides is 1. The molecule has 3 aromatic rings. The fourth-order valence-electron chi connectivity index (χ4n) is 5.01. The molecule has 2 aromatic carbocycles. The van der Waals surface area contributed by atoms with Crippen LogP contribution in [0.25, 0.3) is 10.9 Å². The maximum Gasteiger partial charge on any atom is 0.328 e. The second-order valence-electron chi connectivity index (χ2n) is 9.63. The van der Waals surface area contributed by atoms with Gasteiger partial charge in [-0.2, -0.15) is 0 Å². The first-order valence-electron chi connectivity index (χ1n) is 12.4. The topological polar surface area (TPSA) is 132 Å². The Kier molecular flexibility index (Phi) is 7.68. The predicted molar refractivity (Wildman–Crippen MR) is 142 cm³/mol. The predicted octanol–water partition coefficient (Wildman–Crippen LogP) is 3.30. The van der Waals surface area contributed by atoms with E-state index in [1.807, 2.05) is 31.2 Å². The number of primary amides is 1. The lowest BCUT2D eigenvalue weighted by atomic mass is 9.96. The van der Waals surface area contributed by atoms with E-state index in [2.05, 4.69) is 5.32 Å². The molecule has 1 saturated carbocycles. The highest BCUT2D eigenvalue weighted by molar-refractivity contribution is 7.89.